The van der Waals surface area contributed by atoms with Gasteiger partial charge in [-0.3, -0.25) is 9.59 Å². The van der Waals surface area contributed by atoms with Gasteiger partial charge in [-0.15, -0.1) is 0 Å². The van der Waals surface area contributed by atoms with Crippen LogP contribution in [0.25, 0.3) is 11.0 Å². The molecule has 116 valence electrons. The second kappa shape index (κ2) is 6.28. The maximum Gasteiger partial charge on any atom is 0.314 e. The number of imidazole rings is 1. The van der Waals surface area contributed by atoms with Gasteiger partial charge in [0, 0.05) is 11.4 Å². The van der Waals surface area contributed by atoms with E-state index in [1.807, 2.05) is 0 Å². The molecule has 0 aliphatic heterocycles. The van der Waals surface area contributed by atoms with Crippen LogP contribution in [0.2, 0.25) is 10.0 Å². The molecule has 8 heteroatoms. The van der Waals surface area contributed by atoms with Crippen LogP contribution < -0.4 is 10.6 Å². The monoisotopic (exact) mass is 348 g/mol. The Morgan fingerprint density at radius 2 is 1.57 bits per heavy atom. The molecule has 3 aromatic rings. The average Bonchev–Trinajstić information content (AvgIpc) is 2.98. The first kappa shape index (κ1) is 15.3. The summed E-state index contributed by atoms with van der Waals surface area (Å²) in [4.78, 5) is 30.8. The van der Waals surface area contributed by atoms with Crippen LogP contribution in [0.4, 0.5) is 11.4 Å². The molecule has 0 bridgehead atoms. The third kappa shape index (κ3) is 3.44. The summed E-state index contributed by atoms with van der Waals surface area (Å²) in [5, 5.41) is 5.61. The molecule has 2 amide bonds. The molecule has 0 saturated carbocycles. The van der Waals surface area contributed by atoms with Gasteiger partial charge < -0.3 is 15.6 Å². The lowest BCUT2D eigenvalue weighted by Crippen LogP contribution is -2.29. The topological polar surface area (TPSA) is 86.9 Å². The number of fused-ring (bicyclic) bond motifs is 1. The molecule has 6 nitrogen and oxygen atoms in total. The lowest BCUT2D eigenvalue weighted by Gasteiger charge is -2.07. The summed E-state index contributed by atoms with van der Waals surface area (Å²) in [5.41, 5.74) is 2.38. The molecule has 3 N–H and O–H groups in total. The van der Waals surface area contributed by atoms with Crippen LogP contribution >= 0.6 is 23.2 Å². The molecule has 0 atom stereocenters. The zero-order chi connectivity index (χ0) is 16.4. The smallest absolute Gasteiger partial charge is 0.314 e. The molecule has 23 heavy (non-hydrogen) atoms. The first-order valence-electron chi connectivity index (χ1n) is 6.53. The van der Waals surface area contributed by atoms with Crippen molar-refractivity contribution in [3.05, 3.63) is 52.8 Å². The third-order valence-corrected chi connectivity index (χ3v) is 3.80. The van der Waals surface area contributed by atoms with Crippen molar-refractivity contribution < 1.29 is 9.59 Å². The zero-order valence-electron chi connectivity index (χ0n) is 11.6. The van der Waals surface area contributed by atoms with Crippen molar-refractivity contribution in [2.45, 2.75) is 0 Å². The van der Waals surface area contributed by atoms with Crippen molar-refractivity contribution in [1.29, 1.82) is 0 Å². The number of nitrogens with one attached hydrogen (secondary N) is 3. The van der Waals surface area contributed by atoms with Crippen LogP contribution in [0.1, 0.15) is 0 Å². The number of amides is 2. The first-order chi connectivity index (χ1) is 11.0. The molecule has 0 radical (unpaired) electrons. The SMILES string of the molecule is O=C(Nc1ccc(Cl)c(Cl)c1)C(=O)Nc1ccc2nc[nH]c2c1. The maximum atomic E-state index is 11.9. The first-order valence-corrected chi connectivity index (χ1v) is 7.29. The van der Waals surface area contributed by atoms with E-state index in [9.17, 15) is 9.59 Å². The van der Waals surface area contributed by atoms with Gasteiger partial charge in [0.05, 0.1) is 27.4 Å². The summed E-state index contributed by atoms with van der Waals surface area (Å²) in [6.45, 7) is 0. The number of carbonyl (C=O) groups excluding carboxylic acids is 2. The minimum atomic E-state index is -0.812. The fraction of sp³-hybridized carbons (Fsp3) is 0. The lowest BCUT2D eigenvalue weighted by molar-refractivity contribution is -0.132. The van der Waals surface area contributed by atoms with Gasteiger partial charge in [0.15, 0.2) is 0 Å². The van der Waals surface area contributed by atoms with Crippen molar-refractivity contribution in [1.82, 2.24) is 9.97 Å². The zero-order valence-corrected chi connectivity index (χ0v) is 13.1. The van der Waals surface area contributed by atoms with Gasteiger partial charge in [-0.25, -0.2) is 4.98 Å². The van der Waals surface area contributed by atoms with E-state index in [0.29, 0.717) is 16.4 Å². The van der Waals surface area contributed by atoms with Crippen molar-refractivity contribution in [3.8, 4) is 0 Å². The lowest BCUT2D eigenvalue weighted by atomic mass is 10.2. The van der Waals surface area contributed by atoms with E-state index < -0.39 is 11.8 Å². The highest BCUT2D eigenvalue weighted by molar-refractivity contribution is 6.44. The van der Waals surface area contributed by atoms with Crippen molar-refractivity contribution in [2.24, 2.45) is 0 Å². The number of H-pyrrole nitrogens is 1. The van der Waals surface area contributed by atoms with Crippen LogP contribution in [-0.4, -0.2) is 21.8 Å². The van der Waals surface area contributed by atoms with E-state index in [-0.39, 0.29) is 5.02 Å². The number of hydrogen-bond donors (Lipinski definition) is 3. The van der Waals surface area contributed by atoms with E-state index in [2.05, 4.69) is 20.6 Å². The standard InChI is InChI=1S/C15H10Cl2N4O2/c16-10-3-1-8(5-11(10)17)20-14(22)15(23)21-9-2-4-12-13(6-9)19-7-18-12/h1-7H,(H,18,19)(H,20,22)(H,21,23). The Hall–Kier alpha value is -2.57. The van der Waals surface area contributed by atoms with Crippen LogP contribution in [0.3, 0.4) is 0 Å². The van der Waals surface area contributed by atoms with E-state index >= 15 is 0 Å². The van der Waals surface area contributed by atoms with Crippen molar-refractivity contribution >= 4 is 57.4 Å². The second-order valence-corrected chi connectivity index (χ2v) is 5.49. The van der Waals surface area contributed by atoms with E-state index in [1.165, 1.54) is 12.1 Å². The summed E-state index contributed by atoms with van der Waals surface area (Å²) < 4.78 is 0. The molecule has 0 spiro atoms. The Bertz CT molecular complexity index is 907. The molecule has 2 aromatic carbocycles. The van der Waals surface area contributed by atoms with Crippen molar-refractivity contribution in [2.75, 3.05) is 10.6 Å². The van der Waals surface area contributed by atoms with Gasteiger partial charge in [0.2, 0.25) is 0 Å². The number of benzene rings is 2. The minimum absolute atomic E-state index is 0.287. The summed E-state index contributed by atoms with van der Waals surface area (Å²) in [6, 6.07) is 9.63. The maximum absolute atomic E-state index is 11.9. The van der Waals surface area contributed by atoms with Crippen molar-refractivity contribution in [3.63, 3.8) is 0 Å². The largest absolute Gasteiger partial charge is 0.345 e. The molecule has 1 aromatic heterocycles. The number of carbonyl (C=O) groups is 2. The Morgan fingerprint density at radius 1 is 0.913 bits per heavy atom. The third-order valence-electron chi connectivity index (χ3n) is 3.06. The molecule has 3 rings (SSSR count). The predicted octanol–water partition coefficient (Wildman–Crippen LogP) is 3.45. The molecule has 1 heterocycles. The average molecular weight is 349 g/mol. The van der Waals surface area contributed by atoms with E-state index in [0.717, 1.165) is 11.0 Å². The summed E-state index contributed by atoms with van der Waals surface area (Å²) in [5.74, 6) is -1.61. The molecule has 0 aliphatic carbocycles. The van der Waals surface area contributed by atoms with Gasteiger partial charge in [0.1, 0.15) is 0 Å². The van der Waals surface area contributed by atoms with Gasteiger partial charge in [-0.2, -0.15) is 0 Å². The molecule has 0 unspecified atom stereocenters. The molecule has 0 aliphatic rings. The van der Waals surface area contributed by atoms with Crippen LogP contribution in [0.5, 0.6) is 0 Å². The molecular formula is C15H10Cl2N4O2. The quantitative estimate of drug-likeness (QED) is 0.620. The Labute approximate surface area is 140 Å². The highest BCUT2D eigenvalue weighted by Gasteiger charge is 2.15. The van der Waals surface area contributed by atoms with Crippen LogP contribution in [0.15, 0.2) is 42.7 Å². The number of rotatable bonds is 2. The number of aromatic amines is 1. The second-order valence-electron chi connectivity index (χ2n) is 4.67. The summed E-state index contributed by atoms with van der Waals surface area (Å²) in [6.07, 6.45) is 1.55. The number of nitrogens with zero attached hydrogens (tertiary/aromatic N) is 1. The minimum Gasteiger partial charge on any atom is -0.345 e. The Balaban J connectivity index is 1.69. The number of hydrogen-bond acceptors (Lipinski definition) is 3. The van der Waals surface area contributed by atoms with Crippen LogP contribution in [-0.2, 0) is 9.59 Å². The van der Waals surface area contributed by atoms with Gasteiger partial charge in [-0.1, -0.05) is 23.2 Å². The predicted molar refractivity (Wildman–Crippen MR) is 89.8 cm³/mol. The van der Waals surface area contributed by atoms with Gasteiger partial charge >= 0.3 is 11.8 Å². The van der Waals surface area contributed by atoms with Gasteiger partial charge in [-0.05, 0) is 36.4 Å². The fourth-order valence-electron chi connectivity index (χ4n) is 1.96. The molecule has 0 saturated heterocycles. The molecular weight excluding hydrogens is 339 g/mol. The number of halogens is 2. The van der Waals surface area contributed by atoms with E-state index in [1.54, 1.807) is 30.6 Å². The van der Waals surface area contributed by atoms with Gasteiger partial charge in [0.25, 0.3) is 0 Å². The normalized spacial score (nSPS) is 10.5. The van der Waals surface area contributed by atoms with Crippen LogP contribution in [0, 0.1) is 0 Å². The summed E-state index contributed by atoms with van der Waals surface area (Å²) >= 11 is 11.7. The Morgan fingerprint density at radius 3 is 2.26 bits per heavy atom. The highest BCUT2D eigenvalue weighted by atomic mass is 35.5. The van der Waals surface area contributed by atoms with E-state index in [4.69, 9.17) is 23.2 Å². The Kier molecular flexibility index (Phi) is 4.18. The summed E-state index contributed by atoms with van der Waals surface area (Å²) in [7, 11) is 0. The fourth-order valence-corrected chi connectivity index (χ4v) is 2.26. The molecule has 0 fully saturated rings. The highest BCUT2D eigenvalue weighted by Crippen LogP contribution is 2.25. The number of anilines is 2. The number of aromatic nitrogens is 2.